The number of ether oxygens (including phenoxy) is 1. The van der Waals surface area contributed by atoms with Gasteiger partial charge in [-0.3, -0.25) is 9.11 Å². The maximum atomic E-state index is 11.8. The number of fused-ring (bicyclic) bond motifs is 6. The second-order valence-electron chi connectivity index (χ2n) is 8.11. The van der Waals surface area contributed by atoms with Gasteiger partial charge in [-0.15, -0.1) is 12.6 Å². The second kappa shape index (κ2) is 11.1. The molecular formula is C22H20O13S3. The number of phenols is 3. The molecule has 4 rings (SSSR count). The van der Waals surface area contributed by atoms with Gasteiger partial charge in [0.2, 0.25) is 0 Å². The normalized spacial score (nSPS) is 13.5. The minimum absolute atomic E-state index is 0.00322. The summed E-state index contributed by atoms with van der Waals surface area (Å²) in [5.41, 5.74) is 0.846. The van der Waals surface area contributed by atoms with Gasteiger partial charge >= 0.3 is 10.6 Å². The van der Waals surface area contributed by atoms with E-state index in [0.29, 0.717) is 11.1 Å². The van der Waals surface area contributed by atoms with Crippen molar-refractivity contribution in [2.24, 2.45) is 0 Å². The Morgan fingerprint density at radius 1 is 0.605 bits per heavy atom. The van der Waals surface area contributed by atoms with Crippen molar-refractivity contribution in [1.82, 2.24) is 0 Å². The Balaban J connectivity index is 0.000000934. The summed E-state index contributed by atoms with van der Waals surface area (Å²) >= 11 is 0. The average molecular weight is 589 g/mol. The zero-order valence-corrected chi connectivity index (χ0v) is 21.5. The van der Waals surface area contributed by atoms with E-state index in [9.17, 15) is 41.3 Å². The van der Waals surface area contributed by atoms with Gasteiger partial charge in [0.1, 0.15) is 17.2 Å². The molecule has 0 fully saturated rings. The Morgan fingerprint density at radius 3 is 1.26 bits per heavy atom. The molecule has 5 N–H and O–H groups in total. The van der Waals surface area contributed by atoms with Crippen molar-refractivity contribution >= 4 is 30.8 Å². The fourth-order valence-electron chi connectivity index (χ4n) is 3.85. The zero-order chi connectivity index (χ0) is 28.4. The summed E-state index contributed by atoms with van der Waals surface area (Å²) in [6.07, 6.45) is -0.214. The minimum atomic E-state index is -4.64. The Bertz CT molecular complexity index is 1610. The van der Waals surface area contributed by atoms with Crippen molar-refractivity contribution in [2.45, 2.75) is 35.8 Å². The van der Waals surface area contributed by atoms with Crippen LogP contribution in [0, 0.1) is 0 Å². The average Bonchev–Trinajstić information content (AvgIpc) is 2.78. The molecule has 13 nitrogen and oxygen atoms in total. The van der Waals surface area contributed by atoms with Gasteiger partial charge in [-0.25, -0.2) is 0 Å². The van der Waals surface area contributed by atoms with Crippen LogP contribution in [0.15, 0.2) is 52.3 Å². The van der Waals surface area contributed by atoms with Crippen LogP contribution < -0.4 is 0 Å². The monoisotopic (exact) mass is 588 g/mol. The molecule has 6 bridgehead atoms. The fraction of sp³-hybridized carbons (Fsp3) is 0.182. The molecule has 16 heteroatoms. The van der Waals surface area contributed by atoms with Gasteiger partial charge in [0.05, 0.1) is 23.0 Å². The van der Waals surface area contributed by atoms with Crippen molar-refractivity contribution in [3.8, 4) is 17.2 Å². The second-order valence-corrected chi connectivity index (χ2v) is 11.4. The van der Waals surface area contributed by atoms with Crippen LogP contribution in [0.4, 0.5) is 0 Å². The zero-order valence-electron chi connectivity index (χ0n) is 19.1. The maximum absolute atomic E-state index is 11.8. The van der Waals surface area contributed by atoms with Crippen LogP contribution in [0.5, 0.6) is 17.2 Å². The SMILES string of the molecule is O=S(=O)(O)c1cc2c(O)c(c1)Cc1cccc(c1O)Cc1cc(S(=O)(=O)O)cc(c1O)COC2.O=S(=O)=O. The van der Waals surface area contributed by atoms with E-state index in [1.165, 1.54) is 0 Å². The Kier molecular flexibility index (Phi) is 8.45. The molecule has 0 saturated heterocycles. The van der Waals surface area contributed by atoms with Crippen LogP contribution in [0.25, 0.3) is 0 Å². The Hall–Kier alpha value is -3.54. The first-order valence-corrected chi connectivity index (χ1v) is 14.2. The van der Waals surface area contributed by atoms with Crippen molar-refractivity contribution in [3.63, 3.8) is 0 Å². The largest absolute Gasteiger partial charge is 0.507 e. The van der Waals surface area contributed by atoms with Crippen LogP contribution in [-0.2, 0) is 61.6 Å². The standard InChI is InChI=1S/C22H20O10S2.O3S/c23-20-12-2-1-3-13(20)5-15-7-19(34(29,30)31)9-17(22(15)25)11-32-10-16-8-18(33(26,27)28)6-14(4-12)21(16)24;1-4(2)3/h1-3,6-9,23-25H,4-5,10-11H2,(H,26,27,28)(H,29,30,31);. The lowest BCUT2D eigenvalue weighted by Gasteiger charge is -2.17. The van der Waals surface area contributed by atoms with E-state index in [2.05, 4.69) is 0 Å². The van der Waals surface area contributed by atoms with E-state index in [1.54, 1.807) is 18.2 Å². The first-order chi connectivity index (χ1) is 17.6. The summed E-state index contributed by atoms with van der Waals surface area (Å²) in [5.74, 6) is -0.844. The third-order valence-electron chi connectivity index (χ3n) is 5.56. The number of para-hydroxylation sites is 1. The summed E-state index contributed by atoms with van der Waals surface area (Å²) in [6.45, 7) is -0.724. The third kappa shape index (κ3) is 6.85. The van der Waals surface area contributed by atoms with Gasteiger partial charge in [-0.2, -0.15) is 16.8 Å². The van der Waals surface area contributed by atoms with Crippen LogP contribution >= 0.6 is 0 Å². The molecule has 0 aromatic heterocycles. The van der Waals surface area contributed by atoms with Crippen LogP contribution in [0.2, 0.25) is 0 Å². The maximum Gasteiger partial charge on any atom is 0.425 e. The summed E-state index contributed by atoms with van der Waals surface area (Å²) in [7, 11) is -12.4. The smallest absolute Gasteiger partial charge is 0.425 e. The summed E-state index contributed by atoms with van der Waals surface area (Å²) in [5, 5.41) is 32.3. The van der Waals surface area contributed by atoms with Gasteiger partial charge in [0.15, 0.2) is 0 Å². The minimum Gasteiger partial charge on any atom is -0.507 e. The van der Waals surface area contributed by atoms with Gasteiger partial charge in [-0.05, 0) is 35.4 Å². The number of rotatable bonds is 2. The third-order valence-corrected chi connectivity index (χ3v) is 7.22. The molecule has 38 heavy (non-hydrogen) atoms. The number of benzene rings is 3. The van der Waals surface area contributed by atoms with Gasteiger partial charge in [-0.1, -0.05) is 18.2 Å². The molecule has 0 atom stereocenters. The van der Waals surface area contributed by atoms with Crippen LogP contribution in [0.1, 0.15) is 33.4 Å². The number of hydrogen-bond donors (Lipinski definition) is 5. The molecule has 0 aliphatic carbocycles. The summed E-state index contributed by atoms with van der Waals surface area (Å²) in [6, 6.07) is 8.92. The van der Waals surface area contributed by atoms with E-state index in [-0.39, 0.29) is 65.6 Å². The number of aromatic hydroxyl groups is 3. The van der Waals surface area contributed by atoms with Gasteiger partial charge in [0, 0.05) is 35.1 Å². The highest BCUT2D eigenvalue weighted by Gasteiger charge is 2.22. The van der Waals surface area contributed by atoms with E-state index in [1.807, 2.05) is 0 Å². The number of hydrogen-bond acceptors (Lipinski definition) is 11. The molecule has 1 aliphatic rings. The molecule has 0 saturated carbocycles. The quantitative estimate of drug-likeness (QED) is 0.268. The highest BCUT2D eigenvalue weighted by Crippen LogP contribution is 2.36. The first kappa shape index (κ1) is 29.0. The van der Waals surface area contributed by atoms with E-state index >= 15 is 0 Å². The molecule has 0 spiro atoms. The topological polar surface area (TPSA) is 230 Å². The first-order valence-electron chi connectivity index (χ1n) is 10.4. The summed E-state index contributed by atoms with van der Waals surface area (Å²) < 4.78 is 97.0. The lowest BCUT2D eigenvalue weighted by molar-refractivity contribution is 0.103. The van der Waals surface area contributed by atoms with Gasteiger partial charge < -0.3 is 20.1 Å². The van der Waals surface area contributed by atoms with Crippen molar-refractivity contribution in [1.29, 1.82) is 0 Å². The van der Waals surface area contributed by atoms with Gasteiger partial charge in [0.25, 0.3) is 20.2 Å². The predicted molar refractivity (Wildman–Crippen MR) is 128 cm³/mol. The Labute approximate surface area is 218 Å². The Morgan fingerprint density at radius 2 is 0.921 bits per heavy atom. The highest BCUT2D eigenvalue weighted by atomic mass is 32.2. The number of phenolic OH excluding ortho intramolecular Hbond substituents is 3. The fourth-order valence-corrected chi connectivity index (χ4v) is 5.02. The van der Waals surface area contributed by atoms with Crippen molar-refractivity contribution in [3.05, 3.63) is 75.8 Å². The van der Waals surface area contributed by atoms with E-state index in [4.69, 9.17) is 17.4 Å². The van der Waals surface area contributed by atoms with E-state index < -0.39 is 40.6 Å². The summed E-state index contributed by atoms with van der Waals surface area (Å²) in [4.78, 5) is -0.972. The molecule has 204 valence electrons. The molecule has 3 aromatic carbocycles. The molecule has 3 aromatic rings. The lowest BCUT2D eigenvalue weighted by atomic mass is 9.95. The van der Waals surface area contributed by atoms with E-state index in [0.717, 1.165) is 24.3 Å². The molecule has 0 amide bonds. The molecular weight excluding hydrogens is 568 g/mol. The molecule has 0 radical (unpaired) electrons. The lowest BCUT2D eigenvalue weighted by Crippen LogP contribution is -2.06. The van der Waals surface area contributed by atoms with Crippen molar-refractivity contribution in [2.75, 3.05) is 0 Å². The van der Waals surface area contributed by atoms with Crippen molar-refractivity contribution < 1.29 is 58.6 Å². The highest BCUT2D eigenvalue weighted by molar-refractivity contribution is 7.86. The van der Waals surface area contributed by atoms with Crippen LogP contribution in [-0.4, -0.2) is 53.9 Å². The molecule has 0 unspecified atom stereocenters. The molecule has 1 heterocycles. The predicted octanol–water partition coefficient (Wildman–Crippen LogP) is 1.50. The molecule has 1 aliphatic heterocycles. The van der Waals surface area contributed by atoms with Crippen LogP contribution in [0.3, 0.4) is 0 Å².